The molecule has 0 saturated carbocycles. The topological polar surface area (TPSA) is 60.8 Å². The molecule has 0 radical (unpaired) electrons. The van der Waals surface area contributed by atoms with E-state index in [0.29, 0.717) is 0 Å². The Morgan fingerprint density at radius 1 is 1.38 bits per heavy atom. The van der Waals surface area contributed by atoms with Crippen molar-refractivity contribution in [3.8, 4) is 0 Å². The minimum absolute atomic E-state index is 0.353. The van der Waals surface area contributed by atoms with Gasteiger partial charge in [-0.3, -0.25) is 9.69 Å². The van der Waals surface area contributed by atoms with Gasteiger partial charge in [0.05, 0.1) is 6.61 Å². The highest BCUT2D eigenvalue weighted by atomic mass is 19.4. The van der Waals surface area contributed by atoms with Gasteiger partial charge in [-0.25, -0.2) is 0 Å². The molecule has 0 aromatic heterocycles. The highest BCUT2D eigenvalue weighted by Gasteiger charge is 2.46. The Balaban J connectivity index is 4.73. The van der Waals surface area contributed by atoms with Crippen LogP contribution >= 0.6 is 0 Å². The fraction of sp³-hybridized carbons (Fsp3) is 0.889. The van der Waals surface area contributed by atoms with E-state index in [2.05, 4.69) is 0 Å². The van der Waals surface area contributed by atoms with Gasteiger partial charge in [0.25, 0.3) is 0 Å². The summed E-state index contributed by atoms with van der Waals surface area (Å²) in [7, 11) is 1.35. The molecule has 0 saturated heterocycles. The zero-order chi connectivity index (χ0) is 13.1. The first-order valence-corrected chi connectivity index (χ1v) is 4.64. The van der Waals surface area contributed by atoms with E-state index < -0.39 is 30.1 Å². The van der Waals surface area contributed by atoms with Gasteiger partial charge in [0.1, 0.15) is 0 Å². The van der Waals surface area contributed by atoms with Crippen LogP contribution < -0.4 is 0 Å². The van der Waals surface area contributed by atoms with Crippen molar-refractivity contribution in [2.24, 2.45) is 5.92 Å². The standard InChI is InChI=1S/C9H16F3NO3/c1-8(2,5-14)13(3)4-6(7(15)16)9(10,11)12/h6,14H,4-5H2,1-3H3,(H,15,16). The van der Waals surface area contributed by atoms with Crippen LogP contribution in [0.2, 0.25) is 0 Å². The van der Waals surface area contributed by atoms with Crippen LogP contribution in [0.15, 0.2) is 0 Å². The number of carboxylic acids is 1. The van der Waals surface area contributed by atoms with Crippen LogP contribution in [0, 0.1) is 5.92 Å². The number of aliphatic carboxylic acids is 1. The first-order chi connectivity index (χ1) is 7.02. The fourth-order valence-corrected chi connectivity index (χ4v) is 0.963. The third kappa shape index (κ3) is 3.97. The maximum atomic E-state index is 12.4. The summed E-state index contributed by atoms with van der Waals surface area (Å²) in [6, 6.07) is 0. The smallest absolute Gasteiger partial charge is 0.403 e. The van der Waals surface area contributed by atoms with E-state index in [1.165, 1.54) is 25.8 Å². The minimum Gasteiger partial charge on any atom is -0.481 e. The van der Waals surface area contributed by atoms with E-state index in [1.807, 2.05) is 0 Å². The summed E-state index contributed by atoms with van der Waals surface area (Å²) in [5.41, 5.74) is -0.890. The maximum absolute atomic E-state index is 12.4. The average molecular weight is 243 g/mol. The molecular formula is C9H16F3NO3. The molecule has 1 unspecified atom stereocenters. The molecule has 7 heteroatoms. The monoisotopic (exact) mass is 243 g/mol. The Morgan fingerprint density at radius 2 is 1.81 bits per heavy atom. The highest BCUT2D eigenvalue weighted by Crippen LogP contribution is 2.28. The summed E-state index contributed by atoms with van der Waals surface area (Å²) in [5, 5.41) is 17.4. The third-order valence-electron chi connectivity index (χ3n) is 2.57. The van der Waals surface area contributed by atoms with E-state index in [1.54, 1.807) is 0 Å². The zero-order valence-corrected chi connectivity index (χ0v) is 9.38. The number of aliphatic hydroxyl groups excluding tert-OH is 1. The Labute approximate surface area is 91.7 Å². The quantitative estimate of drug-likeness (QED) is 0.754. The van der Waals surface area contributed by atoms with Gasteiger partial charge in [-0.05, 0) is 20.9 Å². The van der Waals surface area contributed by atoms with Gasteiger partial charge in [-0.2, -0.15) is 13.2 Å². The molecule has 2 N–H and O–H groups in total. The van der Waals surface area contributed by atoms with E-state index in [0.717, 1.165) is 0 Å². The van der Waals surface area contributed by atoms with Crippen molar-refractivity contribution in [3.63, 3.8) is 0 Å². The largest absolute Gasteiger partial charge is 0.481 e. The maximum Gasteiger partial charge on any atom is 0.403 e. The Kier molecular flexibility index (Phi) is 4.75. The lowest BCUT2D eigenvalue weighted by Crippen LogP contribution is -2.50. The van der Waals surface area contributed by atoms with Gasteiger partial charge in [-0.1, -0.05) is 0 Å². The first kappa shape index (κ1) is 15.2. The summed E-state index contributed by atoms with van der Waals surface area (Å²) >= 11 is 0. The van der Waals surface area contributed by atoms with Crippen LogP contribution in [0.5, 0.6) is 0 Å². The number of rotatable bonds is 5. The number of carbonyl (C=O) groups is 1. The summed E-state index contributed by atoms with van der Waals surface area (Å²) in [4.78, 5) is 11.7. The van der Waals surface area contributed by atoms with Crippen molar-refractivity contribution in [1.29, 1.82) is 0 Å². The minimum atomic E-state index is -4.79. The lowest BCUT2D eigenvalue weighted by Gasteiger charge is -2.35. The molecule has 0 aromatic rings. The van der Waals surface area contributed by atoms with Crippen molar-refractivity contribution >= 4 is 5.97 Å². The molecule has 1 atom stereocenters. The van der Waals surface area contributed by atoms with Gasteiger partial charge in [0, 0.05) is 12.1 Å². The fourth-order valence-electron chi connectivity index (χ4n) is 0.963. The molecule has 0 aliphatic carbocycles. The Hall–Kier alpha value is -0.820. The normalized spacial score (nSPS) is 15.2. The Morgan fingerprint density at radius 3 is 2.06 bits per heavy atom. The second kappa shape index (κ2) is 5.01. The van der Waals surface area contributed by atoms with Crippen LogP contribution in [0.4, 0.5) is 13.2 Å². The van der Waals surface area contributed by atoms with Crippen LogP contribution in [-0.4, -0.2) is 53.0 Å². The number of likely N-dealkylation sites (N-methyl/N-ethyl adjacent to an activating group) is 1. The molecule has 16 heavy (non-hydrogen) atoms. The van der Waals surface area contributed by atoms with Crippen molar-refractivity contribution in [1.82, 2.24) is 4.90 Å². The molecule has 0 aromatic carbocycles. The molecule has 0 aliphatic rings. The van der Waals surface area contributed by atoms with Crippen molar-refractivity contribution < 1.29 is 28.2 Å². The molecule has 0 fully saturated rings. The van der Waals surface area contributed by atoms with E-state index in [9.17, 15) is 18.0 Å². The second-order valence-electron chi connectivity index (χ2n) is 4.28. The molecule has 0 spiro atoms. The molecule has 0 rings (SSSR count). The number of alkyl halides is 3. The summed E-state index contributed by atoms with van der Waals surface area (Å²) in [6.45, 7) is 2.02. The summed E-state index contributed by atoms with van der Waals surface area (Å²) < 4.78 is 37.1. The number of hydrogen-bond donors (Lipinski definition) is 2. The van der Waals surface area contributed by atoms with Crippen molar-refractivity contribution in [2.75, 3.05) is 20.2 Å². The lowest BCUT2D eigenvalue weighted by atomic mass is 10.0. The molecule has 0 aliphatic heterocycles. The molecule has 0 heterocycles. The third-order valence-corrected chi connectivity index (χ3v) is 2.57. The van der Waals surface area contributed by atoms with Gasteiger partial charge in [0.15, 0.2) is 5.92 Å². The van der Waals surface area contributed by atoms with E-state index >= 15 is 0 Å². The predicted molar refractivity (Wildman–Crippen MR) is 51.0 cm³/mol. The number of nitrogens with zero attached hydrogens (tertiary/aromatic N) is 1. The van der Waals surface area contributed by atoms with Crippen LogP contribution in [0.3, 0.4) is 0 Å². The molecule has 96 valence electrons. The van der Waals surface area contributed by atoms with Crippen LogP contribution in [0.1, 0.15) is 13.8 Å². The molecular weight excluding hydrogens is 227 g/mol. The van der Waals surface area contributed by atoms with Gasteiger partial charge in [0.2, 0.25) is 0 Å². The molecule has 4 nitrogen and oxygen atoms in total. The molecule has 0 bridgehead atoms. The second-order valence-corrected chi connectivity index (χ2v) is 4.28. The number of carboxylic acid groups (broad SMARTS) is 1. The molecule has 0 amide bonds. The van der Waals surface area contributed by atoms with Crippen LogP contribution in [0.25, 0.3) is 0 Å². The Bertz CT molecular complexity index is 253. The zero-order valence-electron chi connectivity index (χ0n) is 9.38. The predicted octanol–water partition coefficient (Wildman–Crippen LogP) is 0.952. The summed E-state index contributed by atoms with van der Waals surface area (Å²) in [6.07, 6.45) is -4.79. The highest BCUT2D eigenvalue weighted by molar-refractivity contribution is 5.71. The van der Waals surface area contributed by atoms with Crippen molar-refractivity contribution in [2.45, 2.75) is 25.6 Å². The van der Waals surface area contributed by atoms with Gasteiger partial charge < -0.3 is 10.2 Å². The van der Waals surface area contributed by atoms with Crippen LogP contribution in [-0.2, 0) is 4.79 Å². The van der Waals surface area contributed by atoms with E-state index in [-0.39, 0.29) is 6.61 Å². The first-order valence-electron chi connectivity index (χ1n) is 4.64. The average Bonchev–Trinajstić information content (AvgIpc) is 2.11. The number of aliphatic hydroxyl groups is 1. The number of hydrogen-bond acceptors (Lipinski definition) is 3. The lowest BCUT2D eigenvalue weighted by molar-refractivity contribution is -0.198. The number of halogens is 3. The SMILES string of the molecule is CN(CC(C(=O)O)C(F)(F)F)C(C)(C)CO. The summed E-state index contributed by atoms with van der Waals surface area (Å²) in [5.74, 6) is -4.35. The van der Waals surface area contributed by atoms with Gasteiger partial charge in [-0.15, -0.1) is 0 Å². The van der Waals surface area contributed by atoms with Gasteiger partial charge >= 0.3 is 12.1 Å². The van der Waals surface area contributed by atoms with E-state index in [4.69, 9.17) is 10.2 Å². The van der Waals surface area contributed by atoms with Crippen molar-refractivity contribution in [3.05, 3.63) is 0 Å².